The fourth-order valence-corrected chi connectivity index (χ4v) is 1.53. The number of thioether (sulfide) groups is 1. The highest BCUT2D eigenvalue weighted by Gasteiger charge is 2.09. The van der Waals surface area contributed by atoms with Crippen molar-refractivity contribution in [2.45, 2.75) is 18.9 Å². The normalized spacial score (nSPS) is 12.8. The summed E-state index contributed by atoms with van der Waals surface area (Å²) in [5, 5.41) is 8.39. The molecule has 0 amide bonds. The van der Waals surface area contributed by atoms with Gasteiger partial charge in [-0.2, -0.15) is 11.8 Å². The number of aliphatic carboxylic acids is 1. The maximum atomic E-state index is 11.6. The summed E-state index contributed by atoms with van der Waals surface area (Å²) in [4.78, 5) is 10.2. The third-order valence-corrected chi connectivity index (χ3v) is 2.41. The second-order valence-electron chi connectivity index (χ2n) is 2.39. The minimum Gasteiger partial charge on any atom is -0.480 e. The highest BCUT2D eigenvalue weighted by molar-refractivity contribution is 7.99. The predicted molar refractivity (Wildman–Crippen MR) is 48.1 cm³/mol. The zero-order valence-electron chi connectivity index (χ0n) is 6.83. The molecule has 72 valence electrons. The number of carboxylic acid groups (broad SMARTS) is 1. The van der Waals surface area contributed by atoms with Crippen molar-refractivity contribution in [3.63, 3.8) is 0 Å². The van der Waals surface area contributed by atoms with E-state index in [-0.39, 0.29) is 6.67 Å². The second-order valence-corrected chi connectivity index (χ2v) is 3.61. The number of rotatable bonds is 7. The van der Waals surface area contributed by atoms with Crippen molar-refractivity contribution in [3.05, 3.63) is 0 Å². The van der Waals surface area contributed by atoms with E-state index >= 15 is 0 Å². The van der Waals surface area contributed by atoms with Crippen molar-refractivity contribution in [2.75, 3.05) is 18.2 Å². The average molecular weight is 195 g/mol. The molecule has 0 heterocycles. The van der Waals surface area contributed by atoms with Gasteiger partial charge >= 0.3 is 5.97 Å². The van der Waals surface area contributed by atoms with E-state index in [0.717, 1.165) is 5.75 Å². The van der Waals surface area contributed by atoms with E-state index in [1.807, 2.05) is 0 Å². The zero-order valence-corrected chi connectivity index (χ0v) is 7.65. The first-order valence-electron chi connectivity index (χ1n) is 3.80. The Morgan fingerprint density at radius 1 is 1.58 bits per heavy atom. The molecular formula is C7H14FNO2S. The van der Waals surface area contributed by atoms with Crippen LogP contribution in [0.15, 0.2) is 0 Å². The van der Waals surface area contributed by atoms with Gasteiger partial charge in [0.05, 0.1) is 6.67 Å². The Kier molecular flexibility index (Phi) is 7.19. The van der Waals surface area contributed by atoms with Gasteiger partial charge in [0.15, 0.2) is 0 Å². The van der Waals surface area contributed by atoms with Gasteiger partial charge in [-0.1, -0.05) is 0 Å². The van der Waals surface area contributed by atoms with Crippen LogP contribution >= 0.6 is 11.8 Å². The van der Waals surface area contributed by atoms with Crippen LogP contribution in [-0.4, -0.2) is 35.3 Å². The highest BCUT2D eigenvalue weighted by atomic mass is 32.2. The molecule has 0 aliphatic heterocycles. The molecule has 0 saturated heterocycles. The Morgan fingerprint density at radius 3 is 2.75 bits per heavy atom. The molecule has 3 nitrogen and oxygen atoms in total. The van der Waals surface area contributed by atoms with Crippen LogP contribution in [0.1, 0.15) is 12.8 Å². The van der Waals surface area contributed by atoms with Gasteiger partial charge in [0.25, 0.3) is 0 Å². The van der Waals surface area contributed by atoms with E-state index in [1.54, 1.807) is 11.8 Å². The van der Waals surface area contributed by atoms with Gasteiger partial charge in [-0.3, -0.25) is 9.18 Å². The molecule has 3 N–H and O–H groups in total. The number of hydrogen-bond donors (Lipinski definition) is 2. The molecule has 0 aromatic heterocycles. The fourth-order valence-electron chi connectivity index (χ4n) is 0.592. The number of carbonyl (C=O) groups is 1. The number of halogens is 1. The number of nitrogens with two attached hydrogens (primary N) is 1. The second kappa shape index (κ2) is 7.36. The van der Waals surface area contributed by atoms with Crippen molar-refractivity contribution in [1.82, 2.24) is 0 Å². The van der Waals surface area contributed by atoms with Crippen molar-refractivity contribution < 1.29 is 14.3 Å². The first-order chi connectivity index (χ1) is 5.68. The third kappa shape index (κ3) is 6.42. The molecule has 0 aromatic carbocycles. The molecule has 0 rings (SSSR count). The van der Waals surface area contributed by atoms with Crippen molar-refractivity contribution in [3.8, 4) is 0 Å². The molecule has 12 heavy (non-hydrogen) atoms. The van der Waals surface area contributed by atoms with Gasteiger partial charge in [-0.25, -0.2) is 0 Å². The van der Waals surface area contributed by atoms with Crippen LogP contribution < -0.4 is 5.73 Å². The first-order valence-corrected chi connectivity index (χ1v) is 4.96. The molecular weight excluding hydrogens is 181 g/mol. The van der Waals surface area contributed by atoms with E-state index in [4.69, 9.17) is 10.8 Å². The SMILES string of the molecule is N[C@@H](CCSCCCF)C(=O)O. The number of alkyl halides is 1. The fraction of sp³-hybridized carbons (Fsp3) is 0.857. The minimum absolute atomic E-state index is 0.308. The molecule has 0 aliphatic rings. The third-order valence-electron chi connectivity index (χ3n) is 1.31. The van der Waals surface area contributed by atoms with E-state index in [2.05, 4.69) is 0 Å². The maximum absolute atomic E-state index is 11.6. The molecule has 0 bridgehead atoms. The largest absolute Gasteiger partial charge is 0.480 e. The van der Waals surface area contributed by atoms with E-state index in [1.165, 1.54) is 0 Å². The monoisotopic (exact) mass is 195 g/mol. The van der Waals surface area contributed by atoms with Crippen LogP contribution in [0.25, 0.3) is 0 Å². The Labute approximate surface area is 75.5 Å². The first kappa shape index (κ1) is 11.7. The number of hydrogen-bond acceptors (Lipinski definition) is 3. The van der Waals surface area contributed by atoms with E-state index < -0.39 is 12.0 Å². The van der Waals surface area contributed by atoms with Crippen LogP contribution in [0, 0.1) is 0 Å². The lowest BCUT2D eigenvalue weighted by molar-refractivity contribution is -0.138. The van der Waals surface area contributed by atoms with Crippen LogP contribution in [0.4, 0.5) is 4.39 Å². The van der Waals surface area contributed by atoms with Gasteiger partial charge in [0, 0.05) is 0 Å². The molecule has 0 fully saturated rings. The van der Waals surface area contributed by atoms with E-state index in [0.29, 0.717) is 18.6 Å². The van der Waals surface area contributed by atoms with Crippen LogP contribution in [0.5, 0.6) is 0 Å². The molecule has 0 saturated carbocycles. The van der Waals surface area contributed by atoms with E-state index in [9.17, 15) is 9.18 Å². The Balaban J connectivity index is 3.14. The molecule has 0 aromatic rings. The quantitative estimate of drug-likeness (QED) is 0.592. The standard InChI is InChI=1S/C7H14FNO2S/c8-3-1-4-12-5-2-6(9)7(10)11/h6H,1-5,9H2,(H,10,11)/t6-/m0/s1. The van der Waals surface area contributed by atoms with Crippen molar-refractivity contribution in [2.24, 2.45) is 5.73 Å². The smallest absolute Gasteiger partial charge is 0.320 e. The van der Waals surface area contributed by atoms with Crippen molar-refractivity contribution in [1.29, 1.82) is 0 Å². The summed E-state index contributed by atoms with van der Waals surface area (Å²) >= 11 is 1.54. The Hall–Kier alpha value is -0.290. The molecule has 0 spiro atoms. The van der Waals surface area contributed by atoms with Crippen LogP contribution in [0.3, 0.4) is 0 Å². The minimum atomic E-state index is -0.971. The van der Waals surface area contributed by atoms with Gasteiger partial charge in [-0.05, 0) is 24.3 Å². The van der Waals surface area contributed by atoms with Crippen molar-refractivity contribution >= 4 is 17.7 Å². The molecule has 0 radical (unpaired) electrons. The zero-order chi connectivity index (χ0) is 9.40. The molecule has 0 aliphatic carbocycles. The van der Waals surface area contributed by atoms with Gasteiger partial charge < -0.3 is 10.8 Å². The summed E-state index contributed by atoms with van der Waals surface area (Å²) in [5.74, 6) is 0.456. The summed E-state index contributed by atoms with van der Waals surface area (Å²) in [7, 11) is 0. The van der Waals surface area contributed by atoms with Gasteiger partial charge in [0.1, 0.15) is 6.04 Å². The summed E-state index contributed by atoms with van der Waals surface area (Å²) < 4.78 is 11.6. The topological polar surface area (TPSA) is 63.3 Å². The van der Waals surface area contributed by atoms with Gasteiger partial charge in [-0.15, -0.1) is 0 Å². The number of carboxylic acids is 1. The summed E-state index contributed by atoms with van der Waals surface area (Å²) in [6.45, 7) is -0.308. The maximum Gasteiger partial charge on any atom is 0.320 e. The molecule has 5 heteroatoms. The molecule has 0 unspecified atom stereocenters. The summed E-state index contributed by atoms with van der Waals surface area (Å²) in [6.07, 6.45) is 0.985. The van der Waals surface area contributed by atoms with Gasteiger partial charge in [0.2, 0.25) is 0 Å². The average Bonchev–Trinajstić information content (AvgIpc) is 2.03. The van der Waals surface area contributed by atoms with Crippen LogP contribution in [0.2, 0.25) is 0 Å². The Bertz CT molecular complexity index is 135. The molecule has 1 atom stereocenters. The Morgan fingerprint density at radius 2 is 2.25 bits per heavy atom. The lowest BCUT2D eigenvalue weighted by Gasteiger charge is -2.04. The summed E-state index contributed by atoms with van der Waals surface area (Å²) in [5.41, 5.74) is 5.24. The lowest BCUT2D eigenvalue weighted by Crippen LogP contribution is -2.30. The predicted octanol–water partition coefficient (Wildman–Crippen LogP) is 0.881. The highest BCUT2D eigenvalue weighted by Crippen LogP contribution is 2.05. The summed E-state index contributed by atoms with van der Waals surface area (Å²) in [6, 6.07) is -0.775. The lowest BCUT2D eigenvalue weighted by atomic mass is 10.2. The van der Waals surface area contributed by atoms with Crippen LogP contribution in [-0.2, 0) is 4.79 Å².